The summed E-state index contributed by atoms with van der Waals surface area (Å²) >= 11 is 0. The molecule has 2 amide bonds. The Labute approximate surface area is 175 Å². The van der Waals surface area contributed by atoms with E-state index >= 15 is 0 Å². The number of likely N-dealkylation sites (tertiary alicyclic amines) is 1. The summed E-state index contributed by atoms with van der Waals surface area (Å²) in [7, 11) is 0. The lowest BCUT2D eigenvalue weighted by Crippen LogP contribution is -2.59. The van der Waals surface area contributed by atoms with E-state index in [1.165, 1.54) is 10.7 Å². The molecule has 1 atom stereocenters. The smallest absolute Gasteiger partial charge is 0.267 e. The van der Waals surface area contributed by atoms with Gasteiger partial charge in [-0.15, -0.1) is 0 Å². The van der Waals surface area contributed by atoms with E-state index in [9.17, 15) is 14.4 Å². The molecule has 0 bridgehead atoms. The summed E-state index contributed by atoms with van der Waals surface area (Å²) in [5.74, 6) is 0.561. The van der Waals surface area contributed by atoms with Gasteiger partial charge in [-0.2, -0.15) is 5.10 Å². The number of aromatic nitrogens is 2. The second kappa shape index (κ2) is 7.93. The molecule has 3 heterocycles. The molecule has 2 aliphatic heterocycles. The lowest BCUT2D eigenvalue weighted by atomic mass is 9.91. The third-order valence-electron chi connectivity index (χ3n) is 5.76. The van der Waals surface area contributed by atoms with Gasteiger partial charge in [0, 0.05) is 31.6 Å². The van der Waals surface area contributed by atoms with Crippen LogP contribution in [0.2, 0.25) is 0 Å². The van der Waals surface area contributed by atoms with E-state index in [2.05, 4.69) is 5.10 Å². The number of ether oxygens (including phenoxy) is 1. The Balaban J connectivity index is 1.58. The predicted molar refractivity (Wildman–Crippen MR) is 110 cm³/mol. The topological polar surface area (TPSA) is 84.7 Å². The minimum absolute atomic E-state index is 0.0198. The average molecular weight is 410 g/mol. The van der Waals surface area contributed by atoms with Crippen LogP contribution in [0.15, 0.2) is 41.2 Å². The highest BCUT2D eigenvalue weighted by Crippen LogP contribution is 2.34. The number of benzene rings is 1. The number of amides is 2. The van der Waals surface area contributed by atoms with E-state index in [-0.39, 0.29) is 23.9 Å². The highest BCUT2D eigenvalue weighted by Gasteiger charge is 2.43. The van der Waals surface area contributed by atoms with Gasteiger partial charge in [-0.05, 0) is 31.9 Å². The molecule has 4 rings (SSSR count). The zero-order valence-corrected chi connectivity index (χ0v) is 17.3. The average Bonchev–Trinajstić information content (AvgIpc) is 2.87. The minimum Gasteiger partial charge on any atom is -0.483 e. The largest absolute Gasteiger partial charge is 0.483 e. The molecule has 0 N–H and O–H groups in total. The Kier molecular flexibility index (Phi) is 5.32. The molecular weight excluding hydrogens is 384 g/mol. The van der Waals surface area contributed by atoms with Crippen molar-refractivity contribution in [2.24, 2.45) is 0 Å². The van der Waals surface area contributed by atoms with Crippen LogP contribution >= 0.6 is 0 Å². The molecule has 1 aromatic carbocycles. The lowest BCUT2D eigenvalue weighted by Gasteiger charge is -2.43. The predicted octanol–water partition coefficient (Wildman–Crippen LogP) is 1.35. The standard InChI is InChI=1S/C22H26N4O4/c1-16-8-9-20(28)26(23-16)13-21(29)24-11-5-10-22(14-24)15-25(17(2)27)12-18-6-3-4-7-19(18)30-22/h3-4,6-9H,5,10-15H2,1-2H3. The number of rotatable bonds is 2. The maximum absolute atomic E-state index is 13.0. The second-order valence-electron chi connectivity index (χ2n) is 8.16. The molecule has 2 aromatic rings. The molecule has 0 saturated carbocycles. The van der Waals surface area contributed by atoms with Crippen LogP contribution in [0.3, 0.4) is 0 Å². The normalized spacial score (nSPS) is 21.0. The number of fused-ring (bicyclic) bond motifs is 1. The first-order chi connectivity index (χ1) is 14.3. The van der Waals surface area contributed by atoms with Crippen LogP contribution in [-0.2, 0) is 22.7 Å². The van der Waals surface area contributed by atoms with E-state index in [0.29, 0.717) is 31.9 Å². The van der Waals surface area contributed by atoms with E-state index < -0.39 is 5.60 Å². The van der Waals surface area contributed by atoms with E-state index in [1.54, 1.807) is 29.7 Å². The fraction of sp³-hybridized carbons (Fsp3) is 0.455. The Bertz CT molecular complexity index is 1030. The van der Waals surface area contributed by atoms with Crippen LogP contribution < -0.4 is 10.3 Å². The molecule has 0 aliphatic carbocycles. The van der Waals surface area contributed by atoms with E-state index in [0.717, 1.165) is 24.2 Å². The number of nitrogens with zero attached hydrogens (tertiary/aromatic N) is 4. The van der Waals surface area contributed by atoms with Gasteiger partial charge in [-0.25, -0.2) is 4.68 Å². The number of carbonyl (C=O) groups is 2. The number of hydrogen-bond acceptors (Lipinski definition) is 5. The number of hydrogen-bond donors (Lipinski definition) is 0. The van der Waals surface area contributed by atoms with Gasteiger partial charge in [0.1, 0.15) is 17.9 Å². The molecule has 1 unspecified atom stereocenters. The summed E-state index contributed by atoms with van der Waals surface area (Å²) in [6.45, 7) is 5.10. The van der Waals surface area contributed by atoms with Gasteiger partial charge in [0.2, 0.25) is 11.8 Å². The number of aryl methyl sites for hydroxylation is 1. The molecule has 30 heavy (non-hydrogen) atoms. The third kappa shape index (κ3) is 4.08. The number of para-hydroxylation sites is 1. The molecule has 8 heteroatoms. The first-order valence-electron chi connectivity index (χ1n) is 10.2. The Morgan fingerprint density at radius 3 is 2.70 bits per heavy atom. The van der Waals surface area contributed by atoms with Gasteiger partial charge in [-0.1, -0.05) is 18.2 Å². The van der Waals surface area contributed by atoms with E-state index in [1.807, 2.05) is 24.3 Å². The summed E-state index contributed by atoms with van der Waals surface area (Å²) < 4.78 is 7.67. The molecule has 8 nitrogen and oxygen atoms in total. The highest BCUT2D eigenvalue weighted by molar-refractivity contribution is 5.76. The van der Waals surface area contributed by atoms with Crippen LogP contribution in [0.5, 0.6) is 5.75 Å². The summed E-state index contributed by atoms with van der Waals surface area (Å²) in [6.07, 6.45) is 1.51. The van der Waals surface area contributed by atoms with Gasteiger partial charge < -0.3 is 14.5 Å². The van der Waals surface area contributed by atoms with Crippen molar-refractivity contribution in [3.05, 3.63) is 58.0 Å². The van der Waals surface area contributed by atoms with Crippen molar-refractivity contribution in [2.75, 3.05) is 19.6 Å². The quantitative estimate of drug-likeness (QED) is 0.746. The van der Waals surface area contributed by atoms with Gasteiger partial charge in [0.15, 0.2) is 0 Å². The first kappa shape index (κ1) is 20.1. The van der Waals surface area contributed by atoms with Crippen LogP contribution in [-0.4, -0.2) is 56.6 Å². The molecule has 1 fully saturated rings. The van der Waals surface area contributed by atoms with Crippen molar-refractivity contribution in [1.82, 2.24) is 19.6 Å². The lowest BCUT2D eigenvalue weighted by molar-refractivity contribution is -0.140. The molecule has 2 aliphatic rings. The van der Waals surface area contributed by atoms with Crippen LogP contribution in [0.1, 0.15) is 31.0 Å². The monoisotopic (exact) mass is 410 g/mol. The Morgan fingerprint density at radius 2 is 1.90 bits per heavy atom. The van der Waals surface area contributed by atoms with E-state index in [4.69, 9.17) is 4.74 Å². The Hall–Kier alpha value is -3.16. The SMILES string of the molecule is CC(=O)N1Cc2ccccc2OC2(CCCN(C(=O)Cn3nc(C)ccc3=O)C2)C1. The number of piperidine rings is 1. The Morgan fingerprint density at radius 1 is 1.13 bits per heavy atom. The van der Waals surface area contributed by atoms with Gasteiger partial charge >= 0.3 is 0 Å². The van der Waals surface area contributed by atoms with Crippen molar-refractivity contribution in [3.63, 3.8) is 0 Å². The molecule has 0 radical (unpaired) electrons. The van der Waals surface area contributed by atoms with Gasteiger partial charge in [-0.3, -0.25) is 14.4 Å². The molecule has 1 aromatic heterocycles. The molecule has 1 spiro atoms. The van der Waals surface area contributed by atoms with Crippen molar-refractivity contribution >= 4 is 11.8 Å². The summed E-state index contributed by atoms with van der Waals surface area (Å²) in [4.78, 5) is 40.8. The van der Waals surface area contributed by atoms with Gasteiger partial charge in [0.05, 0.1) is 18.8 Å². The third-order valence-corrected chi connectivity index (χ3v) is 5.76. The zero-order valence-electron chi connectivity index (χ0n) is 17.3. The van der Waals surface area contributed by atoms with Crippen LogP contribution in [0.4, 0.5) is 0 Å². The molecule has 158 valence electrons. The first-order valence-corrected chi connectivity index (χ1v) is 10.2. The second-order valence-corrected chi connectivity index (χ2v) is 8.16. The maximum atomic E-state index is 13.0. The molecular formula is C22H26N4O4. The fourth-order valence-electron chi connectivity index (χ4n) is 4.25. The summed E-state index contributed by atoms with van der Waals surface area (Å²) in [6, 6.07) is 10.8. The highest BCUT2D eigenvalue weighted by atomic mass is 16.5. The van der Waals surface area contributed by atoms with Crippen LogP contribution in [0.25, 0.3) is 0 Å². The summed E-state index contributed by atoms with van der Waals surface area (Å²) in [5, 5.41) is 4.16. The summed E-state index contributed by atoms with van der Waals surface area (Å²) in [5.41, 5.74) is 0.668. The minimum atomic E-state index is -0.669. The number of carbonyl (C=O) groups excluding carboxylic acids is 2. The van der Waals surface area contributed by atoms with Crippen LogP contribution in [0, 0.1) is 6.92 Å². The maximum Gasteiger partial charge on any atom is 0.267 e. The molecule has 1 saturated heterocycles. The fourth-order valence-corrected chi connectivity index (χ4v) is 4.25. The van der Waals surface area contributed by atoms with Crippen molar-refractivity contribution in [3.8, 4) is 5.75 Å². The van der Waals surface area contributed by atoms with Crippen molar-refractivity contribution in [1.29, 1.82) is 0 Å². The van der Waals surface area contributed by atoms with Crippen molar-refractivity contribution in [2.45, 2.75) is 45.4 Å². The zero-order chi connectivity index (χ0) is 21.3. The van der Waals surface area contributed by atoms with Gasteiger partial charge in [0.25, 0.3) is 5.56 Å². The van der Waals surface area contributed by atoms with Crippen molar-refractivity contribution < 1.29 is 14.3 Å².